The van der Waals surface area contributed by atoms with E-state index in [1.165, 1.54) is 0 Å². The summed E-state index contributed by atoms with van der Waals surface area (Å²) in [7, 11) is 0. The maximum Gasteiger partial charge on any atom is 0.456 e. The van der Waals surface area contributed by atoms with Gasteiger partial charge in [0.15, 0.2) is 6.61 Å². The third kappa shape index (κ3) is 5.12. The molecule has 8 heteroatoms. The average molecular weight is 262 g/mol. The molecule has 0 saturated carbocycles. The second-order valence-corrected chi connectivity index (χ2v) is 3.02. The van der Waals surface area contributed by atoms with Crippen molar-refractivity contribution in [3.05, 3.63) is 12.2 Å². The van der Waals surface area contributed by atoms with Crippen molar-refractivity contribution < 1.29 is 36.2 Å². The van der Waals surface area contributed by atoms with Crippen molar-refractivity contribution >= 4 is 5.97 Å². The number of carbonyl (C=O) groups is 1. The number of halogens is 5. The van der Waals surface area contributed by atoms with Crippen LogP contribution in [-0.4, -0.2) is 37.9 Å². The van der Waals surface area contributed by atoms with Gasteiger partial charge in [-0.3, -0.25) is 0 Å². The Morgan fingerprint density at radius 1 is 1.24 bits per heavy atom. The molecule has 0 heterocycles. The van der Waals surface area contributed by atoms with E-state index >= 15 is 0 Å². The van der Waals surface area contributed by atoms with Crippen molar-refractivity contribution in [1.82, 2.24) is 0 Å². The number of alkyl halides is 5. The van der Waals surface area contributed by atoms with Crippen LogP contribution < -0.4 is 0 Å². The summed E-state index contributed by atoms with van der Waals surface area (Å²) in [5.41, 5.74) is -0.329. The Kier molecular flexibility index (Phi) is 5.53. The van der Waals surface area contributed by atoms with E-state index < -0.39 is 24.7 Å². The fourth-order valence-electron chi connectivity index (χ4n) is 0.624. The summed E-state index contributed by atoms with van der Waals surface area (Å²) >= 11 is 0. The molecule has 17 heavy (non-hydrogen) atoms. The highest BCUT2D eigenvalue weighted by Crippen LogP contribution is 2.35. The number of hydrogen-bond acceptors (Lipinski definition) is 3. The van der Waals surface area contributed by atoms with Crippen LogP contribution in [0.15, 0.2) is 12.2 Å². The Hall–Kier alpha value is -1.18. The van der Waals surface area contributed by atoms with Gasteiger partial charge in [-0.05, 0) is 6.92 Å². The molecule has 0 radical (unpaired) electrons. The van der Waals surface area contributed by atoms with Crippen LogP contribution in [0.3, 0.4) is 0 Å². The van der Waals surface area contributed by atoms with Gasteiger partial charge in [0.1, 0.15) is 0 Å². The highest BCUT2D eigenvalue weighted by molar-refractivity contribution is 5.87. The SMILES string of the molecule is C=C(COCC)C(=O)OCC(F)(F)C(F)(F)F. The second-order valence-electron chi connectivity index (χ2n) is 3.02. The van der Waals surface area contributed by atoms with E-state index in [-0.39, 0.29) is 18.8 Å². The van der Waals surface area contributed by atoms with E-state index in [1.54, 1.807) is 6.92 Å². The van der Waals surface area contributed by atoms with Crippen molar-refractivity contribution in [2.24, 2.45) is 0 Å². The van der Waals surface area contributed by atoms with E-state index in [0.717, 1.165) is 0 Å². The summed E-state index contributed by atoms with van der Waals surface area (Å²) in [6.45, 7) is 2.62. The third-order valence-electron chi connectivity index (χ3n) is 1.57. The van der Waals surface area contributed by atoms with Crippen LogP contribution in [0.2, 0.25) is 0 Å². The summed E-state index contributed by atoms with van der Waals surface area (Å²) < 4.78 is 68.3. The van der Waals surface area contributed by atoms with Crippen molar-refractivity contribution in [2.45, 2.75) is 19.0 Å². The molecule has 0 fully saturated rings. The van der Waals surface area contributed by atoms with Crippen LogP contribution in [0.4, 0.5) is 22.0 Å². The van der Waals surface area contributed by atoms with Crippen LogP contribution in [0.25, 0.3) is 0 Å². The van der Waals surface area contributed by atoms with E-state index in [9.17, 15) is 26.7 Å². The molecule has 3 nitrogen and oxygen atoms in total. The van der Waals surface area contributed by atoms with Crippen LogP contribution >= 0.6 is 0 Å². The average Bonchev–Trinajstić information content (AvgIpc) is 2.20. The smallest absolute Gasteiger partial charge is 0.455 e. The monoisotopic (exact) mass is 262 g/mol. The van der Waals surface area contributed by atoms with Gasteiger partial charge in [0.25, 0.3) is 0 Å². The lowest BCUT2D eigenvalue weighted by atomic mass is 10.3. The molecule has 0 saturated heterocycles. The van der Waals surface area contributed by atoms with Gasteiger partial charge in [-0.15, -0.1) is 0 Å². The van der Waals surface area contributed by atoms with Gasteiger partial charge in [-0.2, -0.15) is 22.0 Å². The lowest BCUT2D eigenvalue weighted by Gasteiger charge is -2.19. The first-order valence-electron chi connectivity index (χ1n) is 4.49. The highest BCUT2D eigenvalue weighted by Gasteiger charge is 2.58. The molecule has 0 aliphatic rings. The molecule has 0 aliphatic heterocycles. The molecule has 0 aliphatic carbocycles. The zero-order chi connectivity index (χ0) is 13.7. The predicted octanol–water partition coefficient (Wildman–Crippen LogP) is 2.32. The summed E-state index contributed by atoms with van der Waals surface area (Å²) in [6.07, 6.45) is -5.76. The van der Waals surface area contributed by atoms with Gasteiger partial charge in [-0.25, -0.2) is 4.79 Å². The minimum Gasteiger partial charge on any atom is -0.455 e. The molecule has 0 aromatic carbocycles. The molecule has 0 amide bonds. The number of hydrogen-bond donors (Lipinski definition) is 0. The minimum atomic E-state index is -5.76. The number of carbonyl (C=O) groups excluding carboxylic acids is 1. The van der Waals surface area contributed by atoms with E-state index in [1.807, 2.05) is 0 Å². The van der Waals surface area contributed by atoms with Crippen LogP contribution in [0, 0.1) is 0 Å². The molecule has 0 bridgehead atoms. The van der Waals surface area contributed by atoms with Crippen molar-refractivity contribution in [1.29, 1.82) is 0 Å². The summed E-state index contributed by atoms with van der Waals surface area (Å²) in [5, 5.41) is 0. The Labute approximate surface area is 94.2 Å². The summed E-state index contributed by atoms with van der Waals surface area (Å²) in [4.78, 5) is 10.9. The second kappa shape index (κ2) is 5.95. The fourth-order valence-corrected chi connectivity index (χ4v) is 0.624. The molecule has 0 unspecified atom stereocenters. The Balaban J connectivity index is 4.21. The fraction of sp³-hybridized carbons (Fsp3) is 0.667. The molecule has 0 aromatic rings. The van der Waals surface area contributed by atoms with E-state index in [0.29, 0.717) is 0 Å². The predicted molar refractivity (Wildman–Crippen MR) is 47.6 cm³/mol. The third-order valence-corrected chi connectivity index (χ3v) is 1.57. The molecule has 100 valence electrons. The first kappa shape index (κ1) is 15.8. The maximum atomic E-state index is 12.3. The minimum absolute atomic E-state index is 0.241. The molecule has 0 spiro atoms. The number of ether oxygens (including phenoxy) is 2. The quantitative estimate of drug-likeness (QED) is 0.418. The first-order valence-corrected chi connectivity index (χ1v) is 4.49. The van der Waals surface area contributed by atoms with Gasteiger partial charge >= 0.3 is 18.1 Å². The maximum absolute atomic E-state index is 12.3. The van der Waals surface area contributed by atoms with E-state index in [2.05, 4.69) is 11.3 Å². The zero-order valence-corrected chi connectivity index (χ0v) is 8.94. The van der Waals surface area contributed by atoms with Crippen molar-refractivity contribution in [3.8, 4) is 0 Å². The van der Waals surface area contributed by atoms with Gasteiger partial charge in [0, 0.05) is 6.61 Å². The molecular weight excluding hydrogens is 251 g/mol. The standard InChI is InChI=1S/C9H11F5O3/c1-3-16-4-6(2)7(15)17-5-8(10,11)9(12,13)14/h2-5H2,1H3. The first-order chi connectivity index (χ1) is 7.62. The molecular formula is C9H11F5O3. The molecule has 0 N–H and O–H groups in total. The van der Waals surface area contributed by atoms with Gasteiger partial charge in [0.05, 0.1) is 12.2 Å². The Morgan fingerprint density at radius 2 is 1.76 bits per heavy atom. The van der Waals surface area contributed by atoms with Crippen LogP contribution in [0.1, 0.15) is 6.92 Å². The largest absolute Gasteiger partial charge is 0.456 e. The van der Waals surface area contributed by atoms with Crippen molar-refractivity contribution in [3.63, 3.8) is 0 Å². The van der Waals surface area contributed by atoms with Gasteiger partial charge < -0.3 is 9.47 Å². The van der Waals surface area contributed by atoms with Crippen LogP contribution in [-0.2, 0) is 14.3 Å². The zero-order valence-electron chi connectivity index (χ0n) is 8.94. The van der Waals surface area contributed by atoms with E-state index in [4.69, 9.17) is 4.74 Å². The molecule has 0 atom stereocenters. The Morgan fingerprint density at radius 3 is 2.18 bits per heavy atom. The normalized spacial score (nSPS) is 12.4. The molecule has 0 aromatic heterocycles. The lowest BCUT2D eigenvalue weighted by Crippen LogP contribution is -2.41. The summed E-state index contributed by atoms with van der Waals surface area (Å²) in [5.74, 6) is -6.42. The lowest BCUT2D eigenvalue weighted by molar-refractivity contribution is -0.293. The van der Waals surface area contributed by atoms with Crippen molar-refractivity contribution in [2.75, 3.05) is 19.8 Å². The van der Waals surface area contributed by atoms with Gasteiger partial charge in [-0.1, -0.05) is 6.58 Å². The number of rotatable bonds is 6. The van der Waals surface area contributed by atoms with Gasteiger partial charge in [0.2, 0.25) is 0 Å². The summed E-state index contributed by atoms with van der Waals surface area (Å²) in [6, 6.07) is 0. The topological polar surface area (TPSA) is 35.5 Å². The molecule has 0 rings (SSSR count). The number of esters is 1. The van der Waals surface area contributed by atoms with Crippen LogP contribution in [0.5, 0.6) is 0 Å². The Bertz CT molecular complexity index is 285. The highest BCUT2D eigenvalue weighted by atomic mass is 19.4.